The zero-order valence-electron chi connectivity index (χ0n) is 11.5. The van der Waals surface area contributed by atoms with E-state index in [1.54, 1.807) is 0 Å². The van der Waals surface area contributed by atoms with Crippen molar-refractivity contribution in [1.82, 2.24) is 0 Å². The number of benzene rings is 1. The summed E-state index contributed by atoms with van der Waals surface area (Å²) in [7, 11) is 0. The lowest BCUT2D eigenvalue weighted by Gasteiger charge is -2.24. The normalized spacial score (nSPS) is 14.1. The molecule has 2 heteroatoms. The number of aryl methyl sites for hydroxylation is 1. The van der Waals surface area contributed by atoms with Gasteiger partial charge >= 0.3 is 5.97 Å². The number of carbonyl (C=O) groups is 1. The van der Waals surface area contributed by atoms with E-state index in [0.29, 0.717) is 0 Å². The van der Waals surface area contributed by atoms with E-state index in [1.807, 2.05) is 32.0 Å². The molecule has 0 aliphatic heterocycles. The van der Waals surface area contributed by atoms with Crippen LogP contribution in [0.1, 0.15) is 51.5 Å². The monoisotopic (exact) mass is 248 g/mol. The average molecular weight is 248 g/mol. The van der Waals surface area contributed by atoms with Gasteiger partial charge in [-0.15, -0.1) is 0 Å². The second-order valence-corrected chi connectivity index (χ2v) is 5.31. The Bertz CT molecular complexity index is 359. The van der Waals surface area contributed by atoms with Crippen LogP contribution in [0.3, 0.4) is 0 Å². The van der Waals surface area contributed by atoms with Gasteiger partial charge in [0.1, 0.15) is 0 Å². The summed E-state index contributed by atoms with van der Waals surface area (Å²) in [5.41, 5.74) is 0.802. The zero-order valence-corrected chi connectivity index (χ0v) is 11.5. The van der Waals surface area contributed by atoms with Gasteiger partial charge < -0.3 is 5.11 Å². The summed E-state index contributed by atoms with van der Waals surface area (Å²) < 4.78 is 0. The highest BCUT2D eigenvalue weighted by Crippen LogP contribution is 2.30. The summed E-state index contributed by atoms with van der Waals surface area (Å²) in [6.07, 6.45) is 5.58. The van der Waals surface area contributed by atoms with E-state index in [1.165, 1.54) is 5.56 Å². The fraction of sp³-hybridized carbons (Fsp3) is 0.562. The number of carboxylic acid groups (broad SMARTS) is 1. The highest BCUT2D eigenvalue weighted by atomic mass is 16.4. The minimum absolute atomic E-state index is 0.536. The van der Waals surface area contributed by atoms with E-state index in [2.05, 4.69) is 12.1 Å². The average Bonchev–Trinajstić information content (AvgIpc) is 2.36. The topological polar surface area (TPSA) is 37.3 Å². The Balaban J connectivity index is 2.34. The van der Waals surface area contributed by atoms with E-state index in [9.17, 15) is 9.90 Å². The summed E-state index contributed by atoms with van der Waals surface area (Å²) in [5.74, 6) is -0.649. The molecule has 1 unspecified atom stereocenters. The Morgan fingerprint density at radius 2 is 1.83 bits per heavy atom. The first-order valence-electron chi connectivity index (χ1n) is 6.86. The fourth-order valence-electron chi connectivity index (χ4n) is 2.38. The quantitative estimate of drug-likeness (QED) is 0.697. The van der Waals surface area contributed by atoms with Crippen molar-refractivity contribution in [3.05, 3.63) is 35.9 Å². The lowest BCUT2D eigenvalue weighted by atomic mass is 9.80. The van der Waals surface area contributed by atoms with Gasteiger partial charge in [0.25, 0.3) is 0 Å². The Morgan fingerprint density at radius 1 is 1.17 bits per heavy atom. The smallest absolute Gasteiger partial charge is 0.309 e. The molecule has 0 bridgehead atoms. The number of carboxylic acids is 1. The van der Waals surface area contributed by atoms with Crippen LogP contribution in [0.25, 0.3) is 0 Å². The van der Waals surface area contributed by atoms with Crippen molar-refractivity contribution < 1.29 is 9.90 Å². The minimum atomic E-state index is -0.649. The van der Waals surface area contributed by atoms with Crippen LogP contribution in [0.4, 0.5) is 0 Å². The standard InChI is InChI=1S/C16H24O2/c1-3-12-16(2,15(17)18)13-8-7-11-14-9-5-4-6-10-14/h4-6,9-10H,3,7-8,11-13H2,1-2H3,(H,17,18). The molecule has 1 aromatic carbocycles. The molecule has 0 saturated carbocycles. The molecule has 0 spiro atoms. The summed E-state index contributed by atoms with van der Waals surface area (Å²) >= 11 is 0. The molecule has 0 radical (unpaired) electrons. The van der Waals surface area contributed by atoms with Gasteiger partial charge in [-0.25, -0.2) is 0 Å². The number of rotatable bonds is 8. The van der Waals surface area contributed by atoms with Gasteiger partial charge in [0, 0.05) is 0 Å². The van der Waals surface area contributed by atoms with Crippen molar-refractivity contribution in [3.8, 4) is 0 Å². The Kier molecular flexibility index (Phi) is 5.90. The first-order valence-corrected chi connectivity index (χ1v) is 6.86. The lowest BCUT2D eigenvalue weighted by Crippen LogP contribution is -2.27. The zero-order chi connectivity index (χ0) is 13.4. The van der Waals surface area contributed by atoms with E-state index in [4.69, 9.17) is 0 Å². The highest BCUT2D eigenvalue weighted by Gasteiger charge is 2.31. The number of aliphatic carboxylic acids is 1. The van der Waals surface area contributed by atoms with Crippen LogP contribution in [0.2, 0.25) is 0 Å². The van der Waals surface area contributed by atoms with E-state index >= 15 is 0 Å². The van der Waals surface area contributed by atoms with Crippen LogP contribution in [0.5, 0.6) is 0 Å². The summed E-state index contributed by atoms with van der Waals surface area (Å²) in [6.45, 7) is 3.92. The number of hydrogen-bond donors (Lipinski definition) is 1. The van der Waals surface area contributed by atoms with E-state index in [0.717, 1.165) is 38.5 Å². The first kappa shape index (κ1) is 14.7. The first-order chi connectivity index (χ1) is 8.58. The largest absolute Gasteiger partial charge is 0.481 e. The second-order valence-electron chi connectivity index (χ2n) is 5.31. The Hall–Kier alpha value is -1.31. The Morgan fingerprint density at radius 3 is 2.39 bits per heavy atom. The molecule has 0 saturated heterocycles. The molecule has 0 aromatic heterocycles. The predicted molar refractivity (Wildman–Crippen MR) is 74.6 cm³/mol. The van der Waals surface area contributed by atoms with Crippen LogP contribution in [-0.4, -0.2) is 11.1 Å². The van der Waals surface area contributed by atoms with Crippen LogP contribution in [0, 0.1) is 5.41 Å². The van der Waals surface area contributed by atoms with Gasteiger partial charge in [0.15, 0.2) is 0 Å². The molecule has 0 amide bonds. The maximum absolute atomic E-state index is 11.3. The van der Waals surface area contributed by atoms with Crippen LogP contribution < -0.4 is 0 Å². The molecule has 0 aliphatic rings. The molecule has 1 aromatic rings. The molecular weight excluding hydrogens is 224 g/mol. The maximum Gasteiger partial charge on any atom is 0.309 e. The Labute approximate surface area is 110 Å². The number of unbranched alkanes of at least 4 members (excludes halogenated alkanes) is 1. The molecule has 1 atom stereocenters. The van der Waals surface area contributed by atoms with E-state index in [-0.39, 0.29) is 0 Å². The maximum atomic E-state index is 11.3. The van der Waals surface area contributed by atoms with Gasteiger partial charge in [0.05, 0.1) is 5.41 Å². The summed E-state index contributed by atoms with van der Waals surface area (Å²) in [4.78, 5) is 11.3. The molecule has 100 valence electrons. The third-order valence-electron chi connectivity index (χ3n) is 3.60. The molecule has 0 fully saturated rings. The molecule has 0 aliphatic carbocycles. The van der Waals surface area contributed by atoms with Gasteiger partial charge in [-0.2, -0.15) is 0 Å². The molecule has 1 N–H and O–H groups in total. The molecule has 1 rings (SSSR count). The van der Waals surface area contributed by atoms with Crippen molar-refractivity contribution in [2.45, 2.75) is 52.4 Å². The van der Waals surface area contributed by atoms with Crippen molar-refractivity contribution in [3.63, 3.8) is 0 Å². The van der Waals surface area contributed by atoms with Crippen LogP contribution in [-0.2, 0) is 11.2 Å². The van der Waals surface area contributed by atoms with Crippen molar-refractivity contribution in [2.24, 2.45) is 5.41 Å². The summed E-state index contributed by atoms with van der Waals surface area (Å²) in [5, 5.41) is 9.28. The lowest BCUT2D eigenvalue weighted by molar-refractivity contribution is -0.148. The highest BCUT2D eigenvalue weighted by molar-refractivity contribution is 5.73. The minimum Gasteiger partial charge on any atom is -0.481 e. The predicted octanol–water partition coefficient (Wildman–Crippen LogP) is 4.29. The molecule has 18 heavy (non-hydrogen) atoms. The molecule has 0 heterocycles. The van der Waals surface area contributed by atoms with Crippen LogP contribution >= 0.6 is 0 Å². The SMILES string of the molecule is CCCC(C)(CCCCc1ccccc1)C(=O)O. The third kappa shape index (κ3) is 4.52. The van der Waals surface area contributed by atoms with Crippen molar-refractivity contribution >= 4 is 5.97 Å². The van der Waals surface area contributed by atoms with Gasteiger partial charge in [-0.05, 0) is 38.2 Å². The third-order valence-corrected chi connectivity index (χ3v) is 3.60. The summed E-state index contributed by atoms with van der Waals surface area (Å²) in [6, 6.07) is 10.4. The van der Waals surface area contributed by atoms with E-state index < -0.39 is 11.4 Å². The van der Waals surface area contributed by atoms with Crippen LogP contribution in [0.15, 0.2) is 30.3 Å². The van der Waals surface area contributed by atoms with Gasteiger partial charge in [-0.1, -0.05) is 50.1 Å². The van der Waals surface area contributed by atoms with Gasteiger partial charge in [0.2, 0.25) is 0 Å². The van der Waals surface area contributed by atoms with Crippen molar-refractivity contribution in [1.29, 1.82) is 0 Å². The second kappa shape index (κ2) is 7.20. The van der Waals surface area contributed by atoms with Crippen molar-refractivity contribution in [2.75, 3.05) is 0 Å². The fourth-order valence-corrected chi connectivity index (χ4v) is 2.38. The molecular formula is C16H24O2. The molecule has 2 nitrogen and oxygen atoms in total. The number of hydrogen-bond acceptors (Lipinski definition) is 1. The van der Waals surface area contributed by atoms with Gasteiger partial charge in [-0.3, -0.25) is 4.79 Å².